The molecule has 1 aromatic heterocycles. The molecule has 3 rings (SSSR count). The summed E-state index contributed by atoms with van der Waals surface area (Å²) in [4.78, 5) is 20.2. The molecule has 110 valence electrons. The molecule has 1 saturated heterocycles. The Morgan fingerprint density at radius 2 is 1.95 bits per heavy atom. The van der Waals surface area contributed by atoms with E-state index in [-0.39, 0.29) is 0 Å². The molecule has 0 atom stereocenters. The molecule has 1 N–H and O–H groups in total. The molecule has 1 aliphatic heterocycles. The molecule has 1 aromatic carbocycles. The highest BCUT2D eigenvalue weighted by Gasteiger charge is 2.23. The topological polar surface area (TPSA) is 56.7 Å². The summed E-state index contributed by atoms with van der Waals surface area (Å²) in [6, 6.07) is 5.45. The number of carboxylic acid groups (broad SMARTS) is 1. The number of hydrogen-bond acceptors (Lipinski definition) is 5. The summed E-state index contributed by atoms with van der Waals surface area (Å²) in [5.41, 5.74) is 2.25. The molecule has 2 aromatic rings. The van der Waals surface area contributed by atoms with Crippen LogP contribution in [0.1, 0.15) is 15.9 Å². The molecule has 0 saturated carbocycles. The van der Waals surface area contributed by atoms with Crippen LogP contribution >= 0.6 is 11.3 Å². The lowest BCUT2D eigenvalue weighted by molar-refractivity contribution is 0.0697. The van der Waals surface area contributed by atoms with E-state index in [1.807, 2.05) is 24.6 Å². The second-order valence-electron chi connectivity index (χ2n) is 5.07. The number of aromatic nitrogens is 1. The van der Waals surface area contributed by atoms with E-state index < -0.39 is 5.97 Å². The summed E-state index contributed by atoms with van der Waals surface area (Å²) in [5.74, 6) is -0.865. The van der Waals surface area contributed by atoms with Gasteiger partial charge in [0, 0.05) is 37.8 Å². The van der Waals surface area contributed by atoms with E-state index >= 15 is 0 Å². The molecular formula is C15H17N3O2S. The minimum Gasteiger partial charge on any atom is -0.478 e. The quantitative estimate of drug-likeness (QED) is 0.944. The first-order valence-electron chi connectivity index (χ1n) is 6.89. The second-order valence-corrected chi connectivity index (χ2v) is 5.94. The van der Waals surface area contributed by atoms with E-state index in [1.165, 1.54) is 0 Å². The monoisotopic (exact) mass is 303 g/mol. The molecule has 5 nitrogen and oxygen atoms in total. The zero-order valence-corrected chi connectivity index (χ0v) is 12.6. The fourth-order valence-electron chi connectivity index (χ4n) is 2.74. The van der Waals surface area contributed by atoms with Crippen molar-refractivity contribution in [2.24, 2.45) is 0 Å². The van der Waals surface area contributed by atoms with E-state index in [1.54, 1.807) is 23.5 Å². The van der Waals surface area contributed by atoms with Gasteiger partial charge in [-0.3, -0.25) is 0 Å². The van der Waals surface area contributed by atoms with Crippen LogP contribution in [0.5, 0.6) is 0 Å². The lowest BCUT2D eigenvalue weighted by Gasteiger charge is -2.37. The highest BCUT2D eigenvalue weighted by atomic mass is 32.1. The van der Waals surface area contributed by atoms with E-state index in [9.17, 15) is 9.90 Å². The Bertz CT molecular complexity index is 634. The number of carboxylic acids is 1. The normalized spacial score (nSPS) is 15.3. The van der Waals surface area contributed by atoms with Gasteiger partial charge in [-0.1, -0.05) is 12.1 Å². The Morgan fingerprint density at radius 3 is 2.57 bits per heavy atom. The minimum absolute atomic E-state index is 0.387. The number of para-hydroxylation sites is 1. The third-order valence-corrected chi connectivity index (χ3v) is 4.59. The fraction of sp³-hybridized carbons (Fsp3) is 0.333. The summed E-state index contributed by atoms with van der Waals surface area (Å²) in [7, 11) is 0. The number of piperazine rings is 1. The Balaban J connectivity index is 1.80. The first kappa shape index (κ1) is 13.9. The number of benzene rings is 1. The summed E-state index contributed by atoms with van der Waals surface area (Å²) >= 11 is 1.64. The predicted molar refractivity (Wildman–Crippen MR) is 84.7 cm³/mol. The molecule has 21 heavy (non-hydrogen) atoms. The molecule has 0 spiro atoms. The van der Waals surface area contributed by atoms with Crippen molar-refractivity contribution in [2.45, 2.75) is 6.92 Å². The average Bonchev–Trinajstić information content (AvgIpc) is 3.01. The Hall–Kier alpha value is -2.08. The van der Waals surface area contributed by atoms with Crippen LogP contribution in [0.2, 0.25) is 0 Å². The first-order valence-corrected chi connectivity index (χ1v) is 7.77. The standard InChI is InChI=1S/C15H17N3O2S/c1-11-3-2-4-12(14(19)20)13(11)17-6-8-18(9-7-17)15-16-5-10-21-15/h2-5,10H,6-9H2,1H3,(H,19,20). The van der Waals surface area contributed by atoms with Crippen molar-refractivity contribution in [1.82, 2.24) is 4.98 Å². The van der Waals surface area contributed by atoms with Crippen molar-refractivity contribution in [3.8, 4) is 0 Å². The van der Waals surface area contributed by atoms with Crippen molar-refractivity contribution in [3.63, 3.8) is 0 Å². The summed E-state index contributed by atoms with van der Waals surface area (Å²) in [6.45, 7) is 5.31. The SMILES string of the molecule is Cc1cccc(C(=O)O)c1N1CCN(c2nccs2)CC1. The van der Waals surface area contributed by atoms with Crippen molar-refractivity contribution in [3.05, 3.63) is 40.9 Å². The molecule has 2 heterocycles. The molecule has 6 heteroatoms. The average molecular weight is 303 g/mol. The van der Waals surface area contributed by atoms with E-state index in [4.69, 9.17) is 0 Å². The zero-order chi connectivity index (χ0) is 14.8. The molecule has 0 amide bonds. The van der Waals surface area contributed by atoms with Crippen LogP contribution in [0.25, 0.3) is 0 Å². The Labute approximate surface area is 127 Å². The number of rotatable bonds is 3. The maximum atomic E-state index is 11.4. The second kappa shape index (κ2) is 5.73. The van der Waals surface area contributed by atoms with Crippen LogP contribution in [0.4, 0.5) is 10.8 Å². The lowest BCUT2D eigenvalue weighted by Crippen LogP contribution is -2.47. The van der Waals surface area contributed by atoms with Gasteiger partial charge in [-0.2, -0.15) is 0 Å². The van der Waals surface area contributed by atoms with Crippen LogP contribution in [0, 0.1) is 6.92 Å². The third-order valence-electron chi connectivity index (χ3n) is 3.75. The van der Waals surface area contributed by atoms with Crippen LogP contribution < -0.4 is 9.80 Å². The molecule has 1 fully saturated rings. The Morgan fingerprint density at radius 1 is 1.24 bits per heavy atom. The van der Waals surface area contributed by atoms with Crippen LogP contribution in [-0.2, 0) is 0 Å². The van der Waals surface area contributed by atoms with Crippen molar-refractivity contribution >= 4 is 28.1 Å². The maximum absolute atomic E-state index is 11.4. The van der Waals surface area contributed by atoms with E-state index in [2.05, 4.69) is 14.8 Å². The van der Waals surface area contributed by atoms with Gasteiger partial charge in [-0.15, -0.1) is 11.3 Å². The summed E-state index contributed by atoms with van der Waals surface area (Å²) in [6.07, 6.45) is 1.82. The van der Waals surface area contributed by atoms with Crippen molar-refractivity contribution < 1.29 is 9.90 Å². The van der Waals surface area contributed by atoms with Crippen molar-refractivity contribution in [2.75, 3.05) is 36.0 Å². The fourth-order valence-corrected chi connectivity index (χ4v) is 3.44. The predicted octanol–water partition coefficient (Wildman–Crippen LogP) is 2.48. The van der Waals surface area contributed by atoms with Gasteiger partial charge in [0.25, 0.3) is 0 Å². The van der Waals surface area contributed by atoms with Gasteiger partial charge >= 0.3 is 5.97 Å². The third kappa shape index (κ3) is 2.71. The van der Waals surface area contributed by atoms with E-state index in [0.29, 0.717) is 5.56 Å². The van der Waals surface area contributed by atoms with Crippen molar-refractivity contribution in [1.29, 1.82) is 0 Å². The molecule has 1 aliphatic rings. The van der Waals surface area contributed by atoms with Crippen LogP contribution in [-0.4, -0.2) is 42.2 Å². The number of anilines is 2. The smallest absolute Gasteiger partial charge is 0.337 e. The first-order chi connectivity index (χ1) is 10.2. The van der Waals surface area contributed by atoms with Gasteiger partial charge in [0.2, 0.25) is 0 Å². The number of hydrogen-bond donors (Lipinski definition) is 1. The maximum Gasteiger partial charge on any atom is 0.337 e. The van der Waals surface area contributed by atoms with Gasteiger partial charge in [0.05, 0.1) is 11.3 Å². The highest BCUT2D eigenvalue weighted by molar-refractivity contribution is 7.13. The number of carbonyl (C=O) groups is 1. The van der Waals surface area contributed by atoms with Gasteiger partial charge in [-0.05, 0) is 18.6 Å². The Kier molecular flexibility index (Phi) is 3.79. The molecular weight excluding hydrogens is 286 g/mol. The number of thiazole rings is 1. The lowest BCUT2D eigenvalue weighted by atomic mass is 10.1. The summed E-state index contributed by atoms with van der Waals surface area (Å²) < 4.78 is 0. The number of aryl methyl sites for hydroxylation is 1. The molecule has 0 bridgehead atoms. The van der Waals surface area contributed by atoms with Gasteiger partial charge in [0.1, 0.15) is 0 Å². The minimum atomic E-state index is -0.865. The zero-order valence-electron chi connectivity index (χ0n) is 11.8. The van der Waals surface area contributed by atoms with E-state index in [0.717, 1.165) is 42.6 Å². The number of aromatic carboxylic acids is 1. The van der Waals surface area contributed by atoms with Gasteiger partial charge in [0.15, 0.2) is 5.13 Å². The number of nitrogens with zero attached hydrogens (tertiary/aromatic N) is 3. The molecule has 0 unspecified atom stereocenters. The molecule has 0 radical (unpaired) electrons. The van der Waals surface area contributed by atoms with Crippen LogP contribution in [0.3, 0.4) is 0 Å². The highest BCUT2D eigenvalue weighted by Crippen LogP contribution is 2.28. The summed E-state index contributed by atoms with van der Waals surface area (Å²) in [5, 5.41) is 12.4. The van der Waals surface area contributed by atoms with Gasteiger partial charge in [-0.25, -0.2) is 9.78 Å². The largest absolute Gasteiger partial charge is 0.478 e. The van der Waals surface area contributed by atoms with Crippen LogP contribution in [0.15, 0.2) is 29.8 Å². The van der Waals surface area contributed by atoms with Gasteiger partial charge < -0.3 is 14.9 Å². The molecule has 0 aliphatic carbocycles.